The summed E-state index contributed by atoms with van der Waals surface area (Å²) in [5, 5.41) is 11.9. The standard InChI is InChI=1S/C29H28N4O2S2/c1-19-6-10-23(11-7-19)27-26-20(2)25(18-35-17-21-8-12-24(34-3)13-9-21)37-28(26)31-29(36)33(32-27)16-22-5-4-14-30-15-22/h4-15H,16-18H2,1-3H3,(H,31,36). The van der Waals surface area contributed by atoms with Crippen LogP contribution in [0.3, 0.4) is 0 Å². The molecule has 0 aliphatic carbocycles. The minimum atomic E-state index is 0.505. The lowest BCUT2D eigenvalue weighted by Gasteiger charge is -2.19. The Morgan fingerprint density at radius 3 is 2.46 bits per heavy atom. The van der Waals surface area contributed by atoms with E-state index in [0.717, 1.165) is 49.2 Å². The Bertz CT molecular complexity index is 1420. The van der Waals surface area contributed by atoms with E-state index < -0.39 is 0 Å². The second-order valence-electron chi connectivity index (χ2n) is 8.86. The Kier molecular flexibility index (Phi) is 7.60. The normalized spacial score (nSPS) is 13.0. The number of hydrogen-bond acceptors (Lipinski definition) is 6. The molecule has 1 aliphatic heterocycles. The number of aromatic nitrogens is 1. The van der Waals surface area contributed by atoms with E-state index >= 15 is 0 Å². The smallest absolute Gasteiger partial charge is 0.195 e. The number of rotatable bonds is 8. The van der Waals surface area contributed by atoms with Crippen molar-refractivity contribution in [3.8, 4) is 5.75 Å². The summed E-state index contributed by atoms with van der Waals surface area (Å²) in [7, 11) is 1.67. The van der Waals surface area contributed by atoms with Gasteiger partial charge >= 0.3 is 0 Å². The van der Waals surface area contributed by atoms with E-state index in [-0.39, 0.29) is 0 Å². The van der Waals surface area contributed by atoms with Crippen molar-refractivity contribution in [1.82, 2.24) is 9.99 Å². The Morgan fingerprint density at radius 2 is 1.76 bits per heavy atom. The molecule has 2 aromatic carbocycles. The van der Waals surface area contributed by atoms with Gasteiger partial charge in [-0.3, -0.25) is 4.98 Å². The second-order valence-corrected chi connectivity index (χ2v) is 10.4. The molecule has 0 atom stereocenters. The molecule has 6 nitrogen and oxygen atoms in total. The maximum absolute atomic E-state index is 6.10. The van der Waals surface area contributed by atoms with Crippen LogP contribution in [-0.4, -0.2) is 27.9 Å². The molecule has 188 valence electrons. The van der Waals surface area contributed by atoms with Crippen molar-refractivity contribution in [2.45, 2.75) is 33.6 Å². The van der Waals surface area contributed by atoms with Gasteiger partial charge in [0.15, 0.2) is 5.11 Å². The lowest BCUT2D eigenvalue weighted by molar-refractivity contribution is 0.109. The summed E-state index contributed by atoms with van der Waals surface area (Å²) < 4.78 is 11.3. The molecule has 1 aliphatic rings. The highest BCUT2D eigenvalue weighted by Gasteiger charge is 2.27. The van der Waals surface area contributed by atoms with Crippen molar-refractivity contribution in [1.29, 1.82) is 0 Å². The number of hydrogen-bond donors (Lipinski definition) is 1. The number of aryl methyl sites for hydroxylation is 1. The maximum Gasteiger partial charge on any atom is 0.195 e. The highest BCUT2D eigenvalue weighted by molar-refractivity contribution is 7.80. The van der Waals surface area contributed by atoms with Crippen molar-refractivity contribution in [3.63, 3.8) is 0 Å². The molecule has 1 N–H and O–H groups in total. The van der Waals surface area contributed by atoms with Gasteiger partial charge in [0.1, 0.15) is 16.5 Å². The molecular formula is C29H28N4O2S2. The first-order valence-corrected chi connectivity index (χ1v) is 13.2. The first kappa shape index (κ1) is 25.1. The van der Waals surface area contributed by atoms with E-state index in [2.05, 4.69) is 48.4 Å². The summed E-state index contributed by atoms with van der Waals surface area (Å²) in [5.41, 5.74) is 7.48. The van der Waals surface area contributed by atoms with Gasteiger partial charge in [-0.2, -0.15) is 5.10 Å². The average Bonchev–Trinajstić information content (AvgIpc) is 3.14. The molecule has 0 amide bonds. The molecule has 5 rings (SSSR count). The van der Waals surface area contributed by atoms with Gasteiger partial charge in [-0.25, -0.2) is 5.01 Å². The topological polar surface area (TPSA) is 59.0 Å². The third kappa shape index (κ3) is 5.72. The monoisotopic (exact) mass is 528 g/mol. The summed E-state index contributed by atoms with van der Waals surface area (Å²) >= 11 is 7.46. The highest BCUT2D eigenvalue weighted by Crippen LogP contribution is 2.37. The molecule has 37 heavy (non-hydrogen) atoms. The van der Waals surface area contributed by atoms with E-state index in [1.54, 1.807) is 24.6 Å². The van der Waals surface area contributed by atoms with Gasteiger partial charge in [-0.05, 0) is 61.0 Å². The predicted octanol–water partition coefficient (Wildman–Crippen LogP) is 6.45. The third-order valence-corrected chi connectivity index (χ3v) is 7.69. The lowest BCUT2D eigenvalue weighted by atomic mass is 9.99. The number of nitrogens with one attached hydrogen (secondary N) is 1. The van der Waals surface area contributed by atoms with Gasteiger partial charge in [0, 0.05) is 28.4 Å². The minimum absolute atomic E-state index is 0.505. The summed E-state index contributed by atoms with van der Waals surface area (Å²) in [4.78, 5) is 5.39. The molecule has 2 aromatic heterocycles. The van der Waals surface area contributed by atoms with Crippen LogP contribution in [0.4, 0.5) is 5.00 Å². The van der Waals surface area contributed by atoms with E-state index in [1.807, 2.05) is 47.6 Å². The first-order valence-electron chi connectivity index (χ1n) is 12.0. The van der Waals surface area contributed by atoms with Crippen molar-refractivity contribution in [2.75, 3.05) is 12.4 Å². The fraction of sp³-hybridized carbons (Fsp3) is 0.207. The number of fused-ring (bicyclic) bond motifs is 1. The van der Waals surface area contributed by atoms with Gasteiger partial charge < -0.3 is 14.8 Å². The number of benzene rings is 2. The molecule has 0 saturated heterocycles. The number of ether oxygens (including phenoxy) is 2. The molecule has 0 radical (unpaired) electrons. The number of hydrazone groups is 1. The van der Waals surface area contributed by atoms with Crippen molar-refractivity contribution < 1.29 is 9.47 Å². The van der Waals surface area contributed by atoms with Gasteiger partial charge in [0.2, 0.25) is 0 Å². The third-order valence-electron chi connectivity index (χ3n) is 6.20. The molecule has 3 heterocycles. The summed E-state index contributed by atoms with van der Waals surface area (Å²) in [5.74, 6) is 0.837. The van der Waals surface area contributed by atoms with Crippen LogP contribution in [0, 0.1) is 13.8 Å². The van der Waals surface area contributed by atoms with Gasteiger partial charge in [-0.1, -0.05) is 48.0 Å². The van der Waals surface area contributed by atoms with Crippen LogP contribution < -0.4 is 10.1 Å². The molecule has 0 fully saturated rings. The zero-order valence-corrected chi connectivity index (χ0v) is 22.7. The summed E-state index contributed by atoms with van der Waals surface area (Å²) in [6.45, 7) is 5.78. The lowest BCUT2D eigenvalue weighted by Crippen LogP contribution is -2.29. The van der Waals surface area contributed by atoms with E-state index in [9.17, 15) is 0 Å². The Balaban J connectivity index is 1.45. The SMILES string of the molecule is COc1ccc(COCc2sc3c(c2C)C(c2ccc(C)cc2)=NN(Cc2cccnc2)C(=S)N3)cc1. The quantitative estimate of drug-likeness (QED) is 0.265. The zero-order valence-electron chi connectivity index (χ0n) is 21.0. The zero-order chi connectivity index (χ0) is 25.8. The van der Waals surface area contributed by atoms with Crippen molar-refractivity contribution >= 4 is 39.4 Å². The molecule has 0 unspecified atom stereocenters. The minimum Gasteiger partial charge on any atom is -0.497 e. The van der Waals surface area contributed by atoms with Gasteiger partial charge in [0.05, 0.1) is 26.9 Å². The summed E-state index contributed by atoms with van der Waals surface area (Å²) in [6.07, 6.45) is 3.61. The number of methoxy groups -OCH3 is 1. The molecule has 0 saturated carbocycles. The number of pyridine rings is 1. The van der Waals surface area contributed by atoms with E-state index in [4.69, 9.17) is 26.8 Å². The Hall–Kier alpha value is -3.59. The number of anilines is 1. The number of thiophene rings is 1. The fourth-order valence-electron chi connectivity index (χ4n) is 4.12. The molecular weight excluding hydrogens is 500 g/mol. The van der Waals surface area contributed by atoms with E-state index in [1.165, 1.54) is 5.56 Å². The Morgan fingerprint density at radius 1 is 0.973 bits per heavy atom. The highest BCUT2D eigenvalue weighted by atomic mass is 32.1. The van der Waals surface area contributed by atoms with Gasteiger partial charge in [-0.15, -0.1) is 11.3 Å². The molecule has 4 aromatic rings. The fourth-order valence-corrected chi connectivity index (χ4v) is 5.53. The van der Waals surface area contributed by atoms with Gasteiger partial charge in [0.25, 0.3) is 0 Å². The van der Waals surface area contributed by atoms with E-state index in [0.29, 0.717) is 24.9 Å². The maximum atomic E-state index is 6.10. The first-order chi connectivity index (χ1) is 18.0. The number of thiocarbonyl (C=S) groups is 1. The largest absolute Gasteiger partial charge is 0.497 e. The molecule has 0 spiro atoms. The summed E-state index contributed by atoms with van der Waals surface area (Å²) in [6, 6.07) is 20.3. The number of nitrogens with zero attached hydrogens (tertiary/aromatic N) is 3. The predicted molar refractivity (Wildman–Crippen MR) is 153 cm³/mol. The van der Waals surface area contributed by atoms with Crippen LogP contribution in [0.15, 0.2) is 78.2 Å². The molecule has 0 bridgehead atoms. The van der Waals surface area contributed by atoms with Crippen LogP contribution in [0.25, 0.3) is 0 Å². The van der Waals surface area contributed by atoms with Crippen molar-refractivity contribution in [3.05, 3.63) is 111 Å². The van der Waals surface area contributed by atoms with Crippen LogP contribution in [0.5, 0.6) is 5.75 Å². The van der Waals surface area contributed by atoms with Crippen LogP contribution in [0.2, 0.25) is 0 Å². The average molecular weight is 529 g/mol. The van der Waals surface area contributed by atoms with Crippen LogP contribution in [-0.2, 0) is 24.5 Å². The van der Waals surface area contributed by atoms with Crippen LogP contribution >= 0.6 is 23.6 Å². The van der Waals surface area contributed by atoms with Crippen LogP contribution in [0.1, 0.15) is 38.3 Å². The second kappa shape index (κ2) is 11.2. The van der Waals surface area contributed by atoms with Crippen molar-refractivity contribution in [2.24, 2.45) is 5.10 Å². The Labute approximate surface area is 226 Å². The molecule has 8 heteroatoms.